The molecule has 0 aliphatic carbocycles. The van der Waals surface area contributed by atoms with E-state index in [9.17, 15) is 9.59 Å². The van der Waals surface area contributed by atoms with Gasteiger partial charge in [0.2, 0.25) is 0 Å². The van der Waals surface area contributed by atoms with Crippen molar-refractivity contribution in [2.24, 2.45) is 0 Å². The highest BCUT2D eigenvalue weighted by atomic mass is 32.1. The SMILES string of the molecule is COC(=O)c1sc(C)c(C(=O)OC)c1C. The van der Waals surface area contributed by atoms with Crippen molar-refractivity contribution in [1.82, 2.24) is 0 Å². The third-order valence-electron chi connectivity index (χ3n) is 2.08. The maximum absolute atomic E-state index is 11.4. The highest BCUT2D eigenvalue weighted by Gasteiger charge is 2.23. The summed E-state index contributed by atoms with van der Waals surface area (Å²) in [5.41, 5.74) is 1.08. The van der Waals surface area contributed by atoms with Crippen molar-refractivity contribution in [2.75, 3.05) is 14.2 Å². The molecule has 0 atom stereocenters. The highest BCUT2D eigenvalue weighted by molar-refractivity contribution is 7.14. The molecule has 0 amide bonds. The minimum absolute atomic E-state index is 0.420. The number of ether oxygens (including phenoxy) is 2. The number of methoxy groups -OCH3 is 2. The van der Waals surface area contributed by atoms with Crippen molar-refractivity contribution in [3.05, 3.63) is 20.9 Å². The molecule has 0 fully saturated rings. The lowest BCUT2D eigenvalue weighted by Crippen LogP contribution is -2.05. The average Bonchev–Trinajstić information content (AvgIpc) is 2.52. The molecular weight excluding hydrogens is 216 g/mol. The third kappa shape index (κ3) is 2.02. The lowest BCUT2D eigenvalue weighted by atomic mass is 10.1. The van der Waals surface area contributed by atoms with E-state index in [-0.39, 0.29) is 0 Å². The van der Waals surface area contributed by atoms with Crippen LogP contribution < -0.4 is 0 Å². The fourth-order valence-corrected chi connectivity index (χ4v) is 2.41. The van der Waals surface area contributed by atoms with E-state index in [0.717, 1.165) is 4.88 Å². The number of carbonyl (C=O) groups excluding carboxylic acids is 2. The molecule has 4 nitrogen and oxygen atoms in total. The van der Waals surface area contributed by atoms with Crippen LogP contribution in [0.4, 0.5) is 0 Å². The molecule has 15 heavy (non-hydrogen) atoms. The first-order valence-electron chi connectivity index (χ1n) is 4.29. The zero-order valence-electron chi connectivity index (χ0n) is 9.04. The summed E-state index contributed by atoms with van der Waals surface area (Å²) in [5.74, 6) is -0.841. The normalized spacial score (nSPS) is 9.87. The van der Waals surface area contributed by atoms with Crippen molar-refractivity contribution in [3.8, 4) is 0 Å². The molecule has 0 unspecified atom stereocenters. The number of hydrogen-bond donors (Lipinski definition) is 0. The van der Waals surface area contributed by atoms with Gasteiger partial charge in [-0.2, -0.15) is 0 Å². The lowest BCUT2D eigenvalue weighted by Gasteiger charge is -2.00. The van der Waals surface area contributed by atoms with Crippen LogP contribution in [0.2, 0.25) is 0 Å². The van der Waals surface area contributed by atoms with Crippen LogP contribution in [0.3, 0.4) is 0 Å². The summed E-state index contributed by atoms with van der Waals surface area (Å²) in [7, 11) is 2.63. The van der Waals surface area contributed by atoms with Crippen LogP contribution in [0.1, 0.15) is 30.5 Å². The Morgan fingerprint density at radius 3 is 2.07 bits per heavy atom. The Hall–Kier alpha value is -1.36. The number of thiophene rings is 1. The zero-order chi connectivity index (χ0) is 11.6. The van der Waals surface area contributed by atoms with Crippen molar-refractivity contribution < 1.29 is 19.1 Å². The Bertz CT molecular complexity index is 406. The van der Waals surface area contributed by atoms with Gasteiger partial charge in [0.05, 0.1) is 19.8 Å². The second-order valence-corrected chi connectivity index (χ2v) is 4.20. The van der Waals surface area contributed by atoms with Gasteiger partial charge >= 0.3 is 11.9 Å². The first-order valence-corrected chi connectivity index (χ1v) is 5.11. The van der Waals surface area contributed by atoms with Gasteiger partial charge in [-0.25, -0.2) is 9.59 Å². The number of carbonyl (C=O) groups is 2. The Balaban J connectivity index is 3.26. The first-order chi connectivity index (χ1) is 7.02. The topological polar surface area (TPSA) is 52.6 Å². The van der Waals surface area contributed by atoms with Crippen molar-refractivity contribution in [1.29, 1.82) is 0 Å². The highest BCUT2D eigenvalue weighted by Crippen LogP contribution is 2.28. The largest absolute Gasteiger partial charge is 0.465 e. The Morgan fingerprint density at radius 1 is 1.07 bits per heavy atom. The van der Waals surface area contributed by atoms with Gasteiger partial charge < -0.3 is 9.47 Å². The fraction of sp³-hybridized carbons (Fsp3) is 0.400. The monoisotopic (exact) mass is 228 g/mol. The van der Waals surface area contributed by atoms with Crippen LogP contribution in [0.25, 0.3) is 0 Å². The second kappa shape index (κ2) is 4.44. The van der Waals surface area contributed by atoms with Crippen LogP contribution in [0.5, 0.6) is 0 Å². The number of rotatable bonds is 2. The molecule has 0 aliphatic rings. The summed E-state index contributed by atoms with van der Waals surface area (Å²) in [4.78, 5) is 24.0. The van der Waals surface area contributed by atoms with Gasteiger partial charge in [0.1, 0.15) is 4.88 Å². The molecule has 0 N–H and O–H groups in total. The van der Waals surface area contributed by atoms with Crippen molar-refractivity contribution in [2.45, 2.75) is 13.8 Å². The lowest BCUT2D eigenvalue weighted by molar-refractivity contribution is 0.0600. The van der Waals surface area contributed by atoms with E-state index in [1.54, 1.807) is 13.8 Å². The number of aryl methyl sites for hydroxylation is 1. The first kappa shape index (κ1) is 11.7. The molecule has 0 aromatic carbocycles. The molecule has 1 rings (SSSR count). The summed E-state index contributed by atoms with van der Waals surface area (Å²) in [6, 6.07) is 0. The molecule has 0 saturated carbocycles. The maximum Gasteiger partial charge on any atom is 0.348 e. The summed E-state index contributed by atoms with van der Waals surface area (Å²) >= 11 is 1.24. The van der Waals surface area contributed by atoms with Crippen LogP contribution in [0, 0.1) is 13.8 Å². The van der Waals surface area contributed by atoms with Gasteiger partial charge in [-0.3, -0.25) is 0 Å². The molecule has 5 heteroatoms. The molecule has 0 bridgehead atoms. The molecule has 1 aromatic heterocycles. The average molecular weight is 228 g/mol. The summed E-state index contributed by atoms with van der Waals surface area (Å²) < 4.78 is 9.26. The van der Waals surface area contributed by atoms with Crippen LogP contribution in [0.15, 0.2) is 0 Å². The van der Waals surface area contributed by atoms with Gasteiger partial charge in [0.25, 0.3) is 0 Å². The predicted molar refractivity (Wildman–Crippen MR) is 56.5 cm³/mol. The van der Waals surface area contributed by atoms with E-state index >= 15 is 0 Å². The Labute approximate surface area is 91.8 Å². The molecule has 0 radical (unpaired) electrons. The number of hydrogen-bond acceptors (Lipinski definition) is 5. The van der Waals surface area contributed by atoms with E-state index in [1.807, 2.05) is 0 Å². The van der Waals surface area contributed by atoms with E-state index in [0.29, 0.717) is 16.0 Å². The summed E-state index contributed by atoms with van der Waals surface area (Å²) in [6.07, 6.45) is 0. The molecule has 1 aromatic rings. The van der Waals surface area contributed by atoms with Gasteiger partial charge in [-0.15, -0.1) is 11.3 Å². The fourth-order valence-electron chi connectivity index (χ4n) is 1.34. The quantitative estimate of drug-likeness (QED) is 0.726. The van der Waals surface area contributed by atoms with E-state index in [4.69, 9.17) is 0 Å². The summed E-state index contributed by atoms with van der Waals surface area (Å²) in [6.45, 7) is 3.48. The van der Waals surface area contributed by atoms with E-state index in [2.05, 4.69) is 9.47 Å². The van der Waals surface area contributed by atoms with E-state index < -0.39 is 11.9 Å². The van der Waals surface area contributed by atoms with Crippen molar-refractivity contribution >= 4 is 23.3 Å². The van der Waals surface area contributed by atoms with Gasteiger partial charge in [0.15, 0.2) is 0 Å². The van der Waals surface area contributed by atoms with Crippen molar-refractivity contribution in [3.63, 3.8) is 0 Å². The molecule has 0 spiro atoms. The van der Waals surface area contributed by atoms with Crippen LogP contribution in [-0.2, 0) is 9.47 Å². The van der Waals surface area contributed by atoms with Crippen LogP contribution >= 0.6 is 11.3 Å². The Morgan fingerprint density at radius 2 is 1.60 bits per heavy atom. The molecule has 1 heterocycles. The number of esters is 2. The second-order valence-electron chi connectivity index (χ2n) is 2.97. The Kier molecular flexibility index (Phi) is 3.47. The smallest absolute Gasteiger partial charge is 0.348 e. The van der Waals surface area contributed by atoms with Gasteiger partial charge in [0, 0.05) is 4.88 Å². The third-order valence-corrected chi connectivity index (χ3v) is 3.27. The molecular formula is C10H12O4S. The molecule has 82 valence electrons. The van der Waals surface area contributed by atoms with Crippen LogP contribution in [-0.4, -0.2) is 26.2 Å². The molecule has 0 aliphatic heterocycles. The van der Waals surface area contributed by atoms with Gasteiger partial charge in [-0.1, -0.05) is 0 Å². The predicted octanol–water partition coefficient (Wildman–Crippen LogP) is 1.94. The van der Waals surface area contributed by atoms with E-state index in [1.165, 1.54) is 25.6 Å². The molecule has 0 saturated heterocycles. The standard InChI is InChI=1S/C10H12O4S/c1-5-7(9(11)13-3)6(2)15-8(5)10(12)14-4/h1-4H3. The summed E-state index contributed by atoms with van der Waals surface area (Å²) in [5, 5.41) is 0. The maximum atomic E-state index is 11.4. The minimum Gasteiger partial charge on any atom is -0.465 e. The minimum atomic E-state index is -0.421. The zero-order valence-corrected chi connectivity index (χ0v) is 9.86. The van der Waals surface area contributed by atoms with Gasteiger partial charge in [-0.05, 0) is 19.4 Å².